The molecule has 1 aromatic carbocycles. The van der Waals surface area contributed by atoms with E-state index in [1.807, 2.05) is 12.3 Å². The minimum atomic E-state index is 0.910. The molecule has 0 spiro atoms. The van der Waals surface area contributed by atoms with Crippen molar-refractivity contribution in [3.05, 3.63) is 59.4 Å². The topological polar surface area (TPSA) is 30.9 Å². The first kappa shape index (κ1) is 9.84. The molecule has 0 aliphatic carbocycles. The van der Waals surface area contributed by atoms with Crippen molar-refractivity contribution in [2.45, 2.75) is 19.8 Å². The number of nitrogens with zero attached hydrogens (tertiary/aromatic N) is 1. The first-order valence-corrected chi connectivity index (χ1v) is 5.29. The first-order chi connectivity index (χ1) is 7.31. The Morgan fingerprint density at radius 2 is 1.87 bits per heavy atom. The van der Waals surface area contributed by atoms with Crippen molar-refractivity contribution in [1.29, 1.82) is 0 Å². The summed E-state index contributed by atoms with van der Waals surface area (Å²) in [4.78, 5) is 0. The minimum absolute atomic E-state index is 0.910. The summed E-state index contributed by atoms with van der Waals surface area (Å²) in [7, 11) is 0. The molecule has 15 heavy (non-hydrogen) atoms. The van der Waals surface area contributed by atoms with E-state index in [0.717, 1.165) is 12.8 Å². The van der Waals surface area contributed by atoms with Gasteiger partial charge in [-0.2, -0.15) is 0 Å². The molecule has 0 radical (unpaired) electrons. The largest absolute Gasteiger partial charge is 0.339 e. The number of benzene rings is 1. The van der Waals surface area contributed by atoms with E-state index in [1.54, 1.807) is 4.68 Å². The summed E-state index contributed by atoms with van der Waals surface area (Å²) >= 11 is 0. The third kappa shape index (κ3) is 2.04. The molecule has 1 heterocycles. The lowest BCUT2D eigenvalue weighted by Gasteiger charge is -2.06. The van der Waals surface area contributed by atoms with Crippen LogP contribution >= 0.6 is 0 Å². The number of hydrogen-bond acceptors (Lipinski definition) is 1. The Hall–Kier alpha value is -1.70. The smallest absolute Gasteiger partial charge is 0.0467 e. The van der Waals surface area contributed by atoms with Gasteiger partial charge < -0.3 is 5.84 Å². The Morgan fingerprint density at radius 1 is 1.13 bits per heavy atom. The van der Waals surface area contributed by atoms with Gasteiger partial charge in [0.1, 0.15) is 0 Å². The van der Waals surface area contributed by atoms with Crippen LogP contribution in [0.4, 0.5) is 0 Å². The van der Waals surface area contributed by atoms with Gasteiger partial charge in [-0.05, 0) is 23.6 Å². The Balaban J connectivity index is 2.27. The average molecular weight is 200 g/mol. The zero-order valence-corrected chi connectivity index (χ0v) is 8.98. The summed E-state index contributed by atoms with van der Waals surface area (Å²) in [5, 5.41) is 0. The zero-order chi connectivity index (χ0) is 10.7. The third-order valence-electron chi connectivity index (χ3n) is 2.71. The summed E-state index contributed by atoms with van der Waals surface area (Å²) < 4.78 is 1.73. The minimum Gasteiger partial charge on any atom is -0.339 e. The standard InChI is InChI=1S/C13H16N2/c1-2-12-8-9-15(14)13(12)10-11-6-4-3-5-7-11/h3-9H,2,10,14H2,1H3. The molecule has 0 saturated heterocycles. The SMILES string of the molecule is CCc1ccn(N)c1Cc1ccccc1. The normalized spacial score (nSPS) is 10.5. The fourth-order valence-corrected chi connectivity index (χ4v) is 1.84. The highest BCUT2D eigenvalue weighted by Crippen LogP contribution is 2.14. The van der Waals surface area contributed by atoms with Gasteiger partial charge in [-0.25, -0.2) is 0 Å². The summed E-state index contributed by atoms with van der Waals surface area (Å²) in [5.74, 6) is 5.88. The number of aromatic nitrogens is 1. The second-order valence-electron chi connectivity index (χ2n) is 3.71. The van der Waals surface area contributed by atoms with Gasteiger partial charge in [-0.15, -0.1) is 0 Å². The maximum atomic E-state index is 5.88. The Bertz CT molecular complexity index is 429. The van der Waals surface area contributed by atoms with Crippen LogP contribution in [0.1, 0.15) is 23.7 Å². The first-order valence-electron chi connectivity index (χ1n) is 5.29. The quantitative estimate of drug-likeness (QED) is 0.757. The van der Waals surface area contributed by atoms with Crippen LogP contribution in [-0.2, 0) is 12.8 Å². The molecule has 0 fully saturated rings. The predicted octanol–water partition coefficient (Wildman–Crippen LogP) is 2.36. The molecule has 0 unspecified atom stereocenters. The van der Waals surface area contributed by atoms with Crippen molar-refractivity contribution in [2.24, 2.45) is 0 Å². The molecule has 2 N–H and O–H groups in total. The van der Waals surface area contributed by atoms with Gasteiger partial charge in [0.25, 0.3) is 0 Å². The van der Waals surface area contributed by atoms with E-state index in [-0.39, 0.29) is 0 Å². The average Bonchev–Trinajstić information content (AvgIpc) is 2.62. The van der Waals surface area contributed by atoms with Crippen molar-refractivity contribution in [3.63, 3.8) is 0 Å². The van der Waals surface area contributed by atoms with E-state index in [1.165, 1.54) is 16.8 Å². The molecule has 0 aliphatic heterocycles. The molecular formula is C13H16N2. The third-order valence-corrected chi connectivity index (χ3v) is 2.71. The Labute approximate surface area is 90.3 Å². The lowest BCUT2D eigenvalue weighted by molar-refractivity contribution is 0.894. The van der Waals surface area contributed by atoms with E-state index in [9.17, 15) is 0 Å². The van der Waals surface area contributed by atoms with Crippen LogP contribution < -0.4 is 5.84 Å². The van der Waals surface area contributed by atoms with E-state index in [2.05, 4.69) is 37.3 Å². The second-order valence-corrected chi connectivity index (χ2v) is 3.71. The number of nitrogen functional groups attached to an aromatic ring is 1. The van der Waals surface area contributed by atoms with Crippen molar-refractivity contribution in [3.8, 4) is 0 Å². The summed E-state index contributed by atoms with van der Waals surface area (Å²) in [6, 6.07) is 12.5. The highest BCUT2D eigenvalue weighted by Gasteiger charge is 2.06. The van der Waals surface area contributed by atoms with Crippen LogP contribution in [0, 0.1) is 0 Å². The van der Waals surface area contributed by atoms with Gasteiger partial charge in [-0.1, -0.05) is 37.3 Å². The summed E-state index contributed by atoms with van der Waals surface area (Å²) in [6.07, 6.45) is 3.87. The Kier molecular flexibility index (Phi) is 2.77. The van der Waals surface area contributed by atoms with Crippen LogP contribution in [0.15, 0.2) is 42.6 Å². The maximum Gasteiger partial charge on any atom is 0.0467 e. The Morgan fingerprint density at radius 3 is 2.53 bits per heavy atom. The fourth-order valence-electron chi connectivity index (χ4n) is 1.84. The van der Waals surface area contributed by atoms with Crippen LogP contribution in [0.2, 0.25) is 0 Å². The van der Waals surface area contributed by atoms with Crippen molar-refractivity contribution < 1.29 is 0 Å². The molecule has 0 atom stereocenters. The number of hydrogen-bond donors (Lipinski definition) is 1. The monoisotopic (exact) mass is 200 g/mol. The summed E-state index contributed by atoms with van der Waals surface area (Å²) in [6.45, 7) is 2.16. The van der Waals surface area contributed by atoms with Crippen molar-refractivity contribution in [2.75, 3.05) is 5.84 Å². The van der Waals surface area contributed by atoms with Crippen LogP contribution in [0.5, 0.6) is 0 Å². The molecule has 78 valence electrons. The molecule has 1 aromatic heterocycles. The highest BCUT2D eigenvalue weighted by atomic mass is 15.3. The van der Waals surface area contributed by atoms with Crippen LogP contribution in [-0.4, -0.2) is 4.68 Å². The van der Waals surface area contributed by atoms with Crippen LogP contribution in [0.3, 0.4) is 0 Å². The maximum absolute atomic E-state index is 5.88. The second kappa shape index (κ2) is 4.22. The molecule has 2 nitrogen and oxygen atoms in total. The van der Waals surface area contributed by atoms with E-state index < -0.39 is 0 Å². The van der Waals surface area contributed by atoms with Gasteiger partial charge >= 0.3 is 0 Å². The van der Waals surface area contributed by atoms with E-state index >= 15 is 0 Å². The van der Waals surface area contributed by atoms with E-state index in [0.29, 0.717) is 0 Å². The zero-order valence-electron chi connectivity index (χ0n) is 8.98. The number of rotatable bonds is 3. The van der Waals surface area contributed by atoms with Gasteiger partial charge in [-0.3, -0.25) is 4.68 Å². The van der Waals surface area contributed by atoms with Crippen molar-refractivity contribution in [1.82, 2.24) is 4.68 Å². The van der Waals surface area contributed by atoms with Gasteiger partial charge in [0.15, 0.2) is 0 Å². The molecule has 0 aliphatic rings. The highest BCUT2D eigenvalue weighted by molar-refractivity contribution is 5.29. The van der Waals surface area contributed by atoms with Gasteiger partial charge in [0, 0.05) is 18.3 Å². The summed E-state index contributed by atoms with van der Waals surface area (Å²) in [5.41, 5.74) is 3.85. The lowest BCUT2D eigenvalue weighted by atomic mass is 10.1. The molecule has 0 amide bonds. The molecule has 2 heteroatoms. The van der Waals surface area contributed by atoms with Crippen LogP contribution in [0.25, 0.3) is 0 Å². The lowest BCUT2D eigenvalue weighted by Crippen LogP contribution is -2.12. The predicted molar refractivity (Wildman–Crippen MR) is 63.2 cm³/mol. The number of aryl methyl sites for hydroxylation is 1. The molecule has 2 rings (SSSR count). The number of nitrogens with two attached hydrogens (primary N) is 1. The molecule has 2 aromatic rings. The van der Waals surface area contributed by atoms with Gasteiger partial charge in [0.05, 0.1) is 0 Å². The molecular weight excluding hydrogens is 184 g/mol. The molecule has 0 bridgehead atoms. The van der Waals surface area contributed by atoms with Gasteiger partial charge in [0.2, 0.25) is 0 Å². The van der Waals surface area contributed by atoms with Crippen molar-refractivity contribution >= 4 is 0 Å². The van der Waals surface area contributed by atoms with E-state index in [4.69, 9.17) is 5.84 Å². The molecule has 0 saturated carbocycles. The fraction of sp³-hybridized carbons (Fsp3) is 0.231.